The number of carbonyl (C=O) groups is 2. The Morgan fingerprint density at radius 3 is 1.43 bits per heavy atom. The van der Waals surface area contributed by atoms with Crippen molar-refractivity contribution in [2.75, 3.05) is 79.1 Å². The molecular weight excluding hydrogens is 508 g/mol. The minimum absolute atomic E-state index is 0.178. The molecule has 2 aromatic carbocycles. The lowest BCUT2D eigenvalue weighted by molar-refractivity contribution is 0.0939. The van der Waals surface area contributed by atoms with Crippen LogP contribution in [0.5, 0.6) is 11.5 Å². The third kappa shape index (κ3) is 12.6. The fourth-order valence-corrected chi connectivity index (χ4v) is 4.01. The topological polar surface area (TPSA) is 135 Å². The number of rotatable bonds is 19. The summed E-state index contributed by atoms with van der Waals surface area (Å²) in [5, 5.41) is 5.88. The van der Waals surface area contributed by atoms with E-state index in [4.69, 9.17) is 20.9 Å². The van der Waals surface area contributed by atoms with Gasteiger partial charge in [-0.05, 0) is 116 Å². The Morgan fingerprint density at radius 2 is 1.05 bits per heavy atom. The minimum Gasteiger partial charge on any atom is -0.493 e. The fourth-order valence-electron chi connectivity index (χ4n) is 4.01. The lowest BCUT2D eigenvalue weighted by Crippen LogP contribution is -2.27. The molecule has 40 heavy (non-hydrogen) atoms. The summed E-state index contributed by atoms with van der Waals surface area (Å²) in [7, 11) is 8.02. The maximum atomic E-state index is 12.7. The van der Waals surface area contributed by atoms with Gasteiger partial charge in [0.2, 0.25) is 0 Å². The molecule has 0 fully saturated rings. The first-order valence-corrected chi connectivity index (χ1v) is 14.1. The molecule has 0 heterocycles. The molecule has 0 aliphatic rings. The van der Waals surface area contributed by atoms with Crippen LogP contribution < -0.4 is 31.6 Å². The average molecular weight is 557 g/mol. The smallest absolute Gasteiger partial charge is 0.255 e. The van der Waals surface area contributed by atoms with Crippen molar-refractivity contribution in [2.45, 2.75) is 38.5 Å². The maximum Gasteiger partial charge on any atom is 0.255 e. The lowest BCUT2D eigenvalue weighted by atomic mass is 10.1. The van der Waals surface area contributed by atoms with E-state index in [1.807, 2.05) is 28.2 Å². The number of nitrogens with two attached hydrogens (primary N) is 2. The van der Waals surface area contributed by atoms with Gasteiger partial charge in [0.25, 0.3) is 11.8 Å². The molecular formula is C30H48N6O4. The Bertz CT molecular complexity index is 977. The van der Waals surface area contributed by atoms with Crippen LogP contribution in [0.2, 0.25) is 0 Å². The monoisotopic (exact) mass is 556 g/mol. The quantitative estimate of drug-likeness (QED) is 0.153. The second-order valence-corrected chi connectivity index (χ2v) is 10.4. The van der Waals surface area contributed by atoms with Crippen LogP contribution in [-0.4, -0.2) is 89.2 Å². The van der Waals surface area contributed by atoms with Gasteiger partial charge in [-0.15, -0.1) is 0 Å². The van der Waals surface area contributed by atoms with Gasteiger partial charge < -0.3 is 41.4 Å². The van der Waals surface area contributed by atoms with Gasteiger partial charge in [-0.3, -0.25) is 9.59 Å². The summed E-state index contributed by atoms with van der Waals surface area (Å²) in [6, 6.07) is 10.3. The highest BCUT2D eigenvalue weighted by atomic mass is 16.5. The Kier molecular flexibility index (Phi) is 14.7. The third-order valence-corrected chi connectivity index (χ3v) is 6.19. The fraction of sp³-hybridized carbons (Fsp3) is 0.533. The molecule has 10 heteroatoms. The van der Waals surface area contributed by atoms with Crippen LogP contribution in [-0.2, 0) is 0 Å². The van der Waals surface area contributed by atoms with Gasteiger partial charge in [-0.1, -0.05) is 0 Å². The average Bonchev–Trinajstić information content (AvgIpc) is 2.91. The number of unbranched alkanes of at least 4 members (excludes halogenated alkanes) is 3. The van der Waals surface area contributed by atoms with E-state index in [0.717, 1.165) is 51.6 Å². The van der Waals surface area contributed by atoms with Gasteiger partial charge in [0.05, 0.1) is 24.3 Å². The second kappa shape index (κ2) is 18.0. The van der Waals surface area contributed by atoms with E-state index in [-0.39, 0.29) is 11.8 Å². The number of hydrogen-bond acceptors (Lipinski definition) is 8. The van der Waals surface area contributed by atoms with Crippen molar-refractivity contribution in [3.05, 3.63) is 47.5 Å². The molecule has 0 unspecified atom stereocenters. The predicted octanol–water partition coefficient (Wildman–Crippen LogP) is 3.23. The van der Waals surface area contributed by atoms with Crippen molar-refractivity contribution in [2.24, 2.45) is 0 Å². The normalized spacial score (nSPS) is 11.1. The van der Waals surface area contributed by atoms with E-state index >= 15 is 0 Å². The van der Waals surface area contributed by atoms with Gasteiger partial charge in [0.15, 0.2) is 0 Å². The van der Waals surface area contributed by atoms with Crippen molar-refractivity contribution in [3.63, 3.8) is 0 Å². The molecule has 0 spiro atoms. The molecule has 2 amide bonds. The largest absolute Gasteiger partial charge is 0.493 e. The van der Waals surface area contributed by atoms with Crippen LogP contribution in [0.3, 0.4) is 0 Å². The zero-order valence-corrected chi connectivity index (χ0v) is 24.6. The first-order valence-electron chi connectivity index (χ1n) is 14.1. The van der Waals surface area contributed by atoms with Crippen LogP contribution in [0.15, 0.2) is 36.4 Å². The Hall–Kier alpha value is -3.50. The minimum atomic E-state index is -0.178. The standard InChI is InChI=1S/C30H48N6O4/c1-35(2)17-9-15-33-29(37)25-21-23(31)11-13-27(25)39-19-7-5-6-8-20-40-28-14-12-24(32)22-26(28)30(38)34-16-10-18-36(3)4/h11-14,21-22H,5-10,15-20,31-32H2,1-4H3,(H,33,37)(H,34,38). The third-order valence-electron chi connectivity index (χ3n) is 6.19. The number of ether oxygens (including phenoxy) is 2. The summed E-state index contributed by atoms with van der Waals surface area (Å²) in [4.78, 5) is 29.5. The molecule has 2 rings (SSSR count). The highest BCUT2D eigenvalue weighted by Crippen LogP contribution is 2.23. The predicted molar refractivity (Wildman–Crippen MR) is 162 cm³/mol. The molecule has 10 nitrogen and oxygen atoms in total. The summed E-state index contributed by atoms with van der Waals surface area (Å²) in [6.45, 7) is 3.99. The first-order chi connectivity index (χ1) is 19.2. The van der Waals surface area contributed by atoms with Crippen molar-refractivity contribution >= 4 is 23.2 Å². The van der Waals surface area contributed by atoms with Crippen LogP contribution in [0.1, 0.15) is 59.2 Å². The van der Waals surface area contributed by atoms with Gasteiger partial charge in [0, 0.05) is 24.5 Å². The Balaban J connectivity index is 1.71. The van der Waals surface area contributed by atoms with E-state index in [2.05, 4.69) is 20.4 Å². The highest BCUT2D eigenvalue weighted by Gasteiger charge is 2.14. The molecule has 0 aliphatic heterocycles. The summed E-state index contributed by atoms with van der Waals surface area (Å²) in [5.41, 5.74) is 13.8. The summed E-state index contributed by atoms with van der Waals surface area (Å²) < 4.78 is 11.9. The number of amides is 2. The molecule has 0 aliphatic carbocycles. The van der Waals surface area contributed by atoms with E-state index in [0.29, 0.717) is 60.3 Å². The molecule has 0 radical (unpaired) electrons. The Morgan fingerprint density at radius 1 is 0.650 bits per heavy atom. The molecule has 222 valence electrons. The molecule has 0 aromatic heterocycles. The van der Waals surface area contributed by atoms with E-state index < -0.39 is 0 Å². The van der Waals surface area contributed by atoms with Gasteiger partial charge in [0.1, 0.15) is 11.5 Å². The van der Waals surface area contributed by atoms with Crippen molar-refractivity contribution in [3.8, 4) is 11.5 Å². The van der Waals surface area contributed by atoms with Crippen LogP contribution >= 0.6 is 0 Å². The molecule has 2 aromatic rings. The lowest BCUT2D eigenvalue weighted by Gasteiger charge is -2.14. The van der Waals surface area contributed by atoms with Crippen LogP contribution in [0.4, 0.5) is 11.4 Å². The zero-order chi connectivity index (χ0) is 29.3. The van der Waals surface area contributed by atoms with Gasteiger partial charge in [-0.25, -0.2) is 0 Å². The van der Waals surface area contributed by atoms with Gasteiger partial charge >= 0.3 is 0 Å². The molecule has 0 atom stereocenters. The number of carbonyl (C=O) groups excluding carboxylic acids is 2. The van der Waals surface area contributed by atoms with E-state index in [1.165, 1.54) is 0 Å². The molecule has 0 saturated heterocycles. The number of anilines is 2. The molecule has 0 bridgehead atoms. The Labute approximate surface area is 239 Å². The SMILES string of the molecule is CN(C)CCCNC(=O)c1cc(N)ccc1OCCCCCCOc1ccc(N)cc1C(=O)NCCCN(C)C. The number of benzene rings is 2. The van der Waals surface area contributed by atoms with Gasteiger partial charge in [-0.2, -0.15) is 0 Å². The summed E-state index contributed by atoms with van der Waals surface area (Å²) in [6.07, 6.45) is 5.32. The first kappa shape index (κ1) is 32.7. The maximum absolute atomic E-state index is 12.7. The number of hydrogen-bond donors (Lipinski definition) is 4. The van der Waals surface area contributed by atoms with E-state index in [9.17, 15) is 9.59 Å². The molecule has 6 N–H and O–H groups in total. The van der Waals surface area contributed by atoms with Crippen LogP contribution in [0.25, 0.3) is 0 Å². The van der Waals surface area contributed by atoms with E-state index in [1.54, 1.807) is 36.4 Å². The second-order valence-electron chi connectivity index (χ2n) is 10.4. The summed E-state index contributed by atoms with van der Waals surface area (Å²) >= 11 is 0. The number of nitrogen functional groups attached to an aromatic ring is 2. The summed E-state index contributed by atoms with van der Waals surface area (Å²) in [5.74, 6) is 0.724. The number of nitrogens with one attached hydrogen (secondary N) is 2. The van der Waals surface area contributed by atoms with Crippen molar-refractivity contribution in [1.29, 1.82) is 0 Å². The van der Waals surface area contributed by atoms with Crippen molar-refractivity contribution < 1.29 is 19.1 Å². The zero-order valence-electron chi connectivity index (χ0n) is 24.6. The highest BCUT2D eigenvalue weighted by molar-refractivity contribution is 5.98. The van der Waals surface area contributed by atoms with Crippen LogP contribution in [0, 0.1) is 0 Å². The molecule has 0 saturated carbocycles. The number of nitrogens with zero attached hydrogens (tertiary/aromatic N) is 2. The van der Waals surface area contributed by atoms with Crippen molar-refractivity contribution in [1.82, 2.24) is 20.4 Å².